The number of benzene rings is 1. The van der Waals surface area contributed by atoms with Crippen LogP contribution in [0.3, 0.4) is 0 Å². The molecule has 7 nitrogen and oxygen atoms in total. The molecule has 3 atom stereocenters. The Bertz CT molecular complexity index is 1060. The van der Waals surface area contributed by atoms with Crippen LogP contribution >= 0.6 is 0 Å². The third kappa shape index (κ3) is 2.73. The van der Waals surface area contributed by atoms with Gasteiger partial charge in [-0.15, -0.1) is 0 Å². The highest BCUT2D eigenvalue weighted by Crippen LogP contribution is 2.45. The van der Waals surface area contributed by atoms with E-state index in [-0.39, 0.29) is 5.91 Å². The van der Waals surface area contributed by atoms with Crippen LogP contribution in [0.15, 0.2) is 30.9 Å². The van der Waals surface area contributed by atoms with Crippen LogP contribution in [0.25, 0.3) is 16.9 Å². The molecule has 2 aliphatic rings. The second-order valence-corrected chi connectivity index (χ2v) is 8.02. The molecule has 28 heavy (non-hydrogen) atoms. The molecule has 1 amide bonds. The second kappa shape index (κ2) is 6.58. The molecular formula is C21H24N6O. The van der Waals surface area contributed by atoms with E-state index in [1.165, 1.54) is 25.7 Å². The fourth-order valence-corrected chi connectivity index (χ4v) is 4.87. The third-order valence-corrected chi connectivity index (χ3v) is 6.35. The van der Waals surface area contributed by atoms with E-state index in [0.29, 0.717) is 11.6 Å². The monoisotopic (exact) mass is 376 g/mol. The molecule has 0 aliphatic heterocycles. The van der Waals surface area contributed by atoms with Crippen LogP contribution in [0, 0.1) is 18.8 Å². The fourth-order valence-electron chi connectivity index (χ4n) is 4.87. The van der Waals surface area contributed by atoms with Crippen LogP contribution in [0.2, 0.25) is 0 Å². The molecule has 3 aromatic rings. The van der Waals surface area contributed by atoms with Crippen molar-refractivity contribution >= 4 is 22.9 Å². The number of aromatic nitrogens is 4. The predicted octanol–water partition coefficient (Wildman–Crippen LogP) is 3.08. The van der Waals surface area contributed by atoms with E-state index in [2.05, 4.69) is 25.6 Å². The Labute approximate surface area is 163 Å². The van der Waals surface area contributed by atoms with Gasteiger partial charge in [-0.25, -0.2) is 15.0 Å². The van der Waals surface area contributed by atoms with Crippen molar-refractivity contribution in [3.8, 4) is 5.69 Å². The van der Waals surface area contributed by atoms with Crippen molar-refractivity contribution < 1.29 is 4.79 Å². The fraction of sp³-hybridized carbons (Fsp3) is 0.429. The Hall–Kier alpha value is -2.96. The number of imidazole rings is 1. The molecule has 0 spiro atoms. The summed E-state index contributed by atoms with van der Waals surface area (Å²) >= 11 is 0. The third-order valence-electron chi connectivity index (χ3n) is 6.35. The first-order valence-electron chi connectivity index (χ1n) is 9.91. The maximum absolute atomic E-state index is 12.0. The van der Waals surface area contributed by atoms with Gasteiger partial charge in [0.15, 0.2) is 17.0 Å². The summed E-state index contributed by atoms with van der Waals surface area (Å²) in [5.74, 6) is 2.32. The number of amides is 1. The number of hydrogen-bond acceptors (Lipinski definition) is 5. The lowest BCUT2D eigenvalue weighted by atomic mass is 9.95. The summed E-state index contributed by atoms with van der Waals surface area (Å²) in [7, 11) is 1.63. The molecule has 0 saturated heterocycles. The van der Waals surface area contributed by atoms with Crippen LogP contribution in [0.5, 0.6) is 0 Å². The number of rotatable bonds is 4. The second-order valence-electron chi connectivity index (χ2n) is 8.02. The number of carbonyl (C=O) groups excluding carboxylic acids is 1. The highest BCUT2D eigenvalue weighted by molar-refractivity contribution is 5.95. The van der Waals surface area contributed by atoms with Gasteiger partial charge < -0.3 is 10.6 Å². The summed E-state index contributed by atoms with van der Waals surface area (Å²) < 4.78 is 1.94. The molecule has 1 aromatic carbocycles. The first kappa shape index (κ1) is 17.2. The maximum atomic E-state index is 12.0. The quantitative estimate of drug-likeness (QED) is 0.731. The van der Waals surface area contributed by atoms with Crippen LogP contribution in [-0.2, 0) is 0 Å². The molecule has 2 bridgehead atoms. The van der Waals surface area contributed by atoms with Crippen LogP contribution in [0.1, 0.15) is 41.6 Å². The molecule has 2 aliphatic carbocycles. The Kier molecular flexibility index (Phi) is 4.03. The normalized spacial score (nSPS) is 23.3. The number of anilines is 1. The number of nitrogens with zero attached hydrogens (tertiary/aromatic N) is 4. The summed E-state index contributed by atoms with van der Waals surface area (Å²) in [5.41, 5.74) is 4.08. The van der Waals surface area contributed by atoms with Crippen LogP contribution in [-0.4, -0.2) is 38.5 Å². The summed E-state index contributed by atoms with van der Waals surface area (Å²) in [6.45, 7) is 2.02. The van der Waals surface area contributed by atoms with Gasteiger partial charge in [-0.1, -0.05) is 12.5 Å². The van der Waals surface area contributed by atoms with E-state index < -0.39 is 0 Å². The first-order valence-corrected chi connectivity index (χ1v) is 9.91. The Balaban J connectivity index is 1.53. The molecule has 2 heterocycles. The van der Waals surface area contributed by atoms with Crippen molar-refractivity contribution in [2.24, 2.45) is 11.8 Å². The van der Waals surface area contributed by atoms with Crippen molar-refractivity contribution in [3.63, 3.8) is 0 Å². The molecular weight excluding hydrogens is 352 g/mol. The summed E-state index contributed by atoms with van der Waals surface area (Å²) in [4.78, 5) is 25.6. The molecule has 2 aromatic heterocycles. The van der Waals surface area contributed by atoms with Gasteiger partial charge in [0.2, 0.25) is 0 Å². The van der Waals surface area contributed by atoms with Crippen molar-refractivity contribution in [1.29, 1.82) is 0 Å². The molecule has 5 rings (SSSR count). The number of aryl methyl sites for hydroxylation is 1. The Morgan fingerprint density at radius 3 is 2.82 bits per heavy atom. The lowest BCUT2D eigenvalue weighted by Crippen LogP contribution is -2.26. The van der Waals surface area contributed by atoms with E-state index >= 15 is 0 Å². The van der Waals surface area contributed by atoms with Gasteiger partial charge in [0.05, 0.1) is 5.69 Å². The zero-order chi connectivity index (χ0) is 19.3. The van der Waals surface area contributed by atoms with Crippen LogP contribution in [0.4, 0.5) is 5.82 Å². The Morgan fingerprint density at radius 2 is 2.07 bits per heavy atom. The van der Waals surface area contributed by atoms with Crippen molar-refractivity contribution in [1.82, 2.24) is 24.8 Å². The minimum Gasteiger partial charge on any atom is -0.365 e. The smallest absolute Gasteiger partial charge is 0.251 e. The van der Waals surface area contributed by atoms with Crippen LogP contribution < -0.4 is 10.6 Å². The minimum absolute atomic E-state index is 0.112. The van der Waals surface area contributed by atoms with Gasteiger partial charge in [0.1, 0.15) is 12.7 Å². The molecule has 144 valence electrons. The number of hydrogen-bond donors (Lipinski definition) is 2. The summed E-state index contributed by atoms with van der Waals surface area (Å²) in [5, 5.41) is 6.32. The molecule has 3 unspecified atom stereocenters. The van der Waals surface area contributed by atoms with Gasteiger partial charge in [0, 0.05) is 18.7 Å². The number of carbonyl (C=O) groups is 1. The number of fused-ring (bicyclic) bond motifs is 3. The average molecular weight is 376 g/mol. The van der Waals surface area contributed by atoms with E-state index in [0.717, 1.165) is 40.1 Å². The van der Waals surface area contributed by atoms with Gasteiger partial charge in [-0.2, -0.15) is 0 Å². The summed E-state index contributed by atoms with van der Waals surface area (Å²) in [6.07, 6.45) is 8.61. The van der Waals surface area contributed by atoms with Crippen molar-refractivity contribution in [2.45, 2.75) is 38.6 Å². The van der Waals surface area contributed by atoms with Gasteiger partial charge >= 0.3 is 0 Å². The van der Waals surface area contributed by atoms with E-state index in [1.54, 1.807) is 19.7 Å². The van der Waals surface area contributed by atoms with Crippen molar-refractivity contribution in [2.75, 3.05) is 12.4 Å². The zero-order valence-electron chi connectivity index (χ0n) is 16.1. The summed E-state index contributed by atoms with van der Waals surface area (Å²) in [6, 6.07) is 6.13. The first-order chi connectivity index (χ1) is 13.6. The lowest BCUT2D eigenvalue weighted by molar-refractivity contribution is 0.0963. The molecule has 2 fully saturated rings. The minimum atomic E-state index is -0.112. The van der Waals surface area contributed by atoms with E-state index in [4.69, 9.17) is 0 Å². The Morgan fingerprint density at radius 1 is 1.18 bits per heavy atom. The van der Waals surface area contributed by atoms with E-state index in [1.807, 2.05) is 29.7 Å². The van der Waals surface area contributed by atoms with Crippen molar-refractivity contribution in [3.05, 3.63) is 42.0 Å². The maximum Gasteiger partial charge on any atom is 0.251 e. The molecule has 2 saturated carbocycles. The predicted molar refractivity (Wildman–Crippen MR) is 108 cm³/mol. The molecule has 2 N–H and O–H groups in total. The highest BCUT2D eigenvalue weighted by Gasteiger charge is 2.39. The lowest BCUT2D eigenvalue weighted by Gasteiger charge is -2.23. The largest absolute Gasteiger partial charge is 0.365 e. The standard InChI is InChI=1S/C21H24N6O/c1-12-3-5-15(21(28)22-2)9-17(12)27-11-25-18-19(23-10-24-20(18)27)26-16-8-13-4-6-14(16)7-13/h3,5,9-11,13-14,16H,4,6-8H2,1-2H3,(H,22,28)(H,23,24,26). The highest BCUT2D eigenvalue weighted by atomic mass is 16.1. The van der Waals surface area contributed by atoms with Gasteiger partial charge in [0.25, 0.3) is 5.91 Å². The topological polar surface area (TPSA) is 84.7 Å². The zero-order valence-corrected chi connectivity index (χ0v) is 16.1. The van der Waals surface area contributed by atoms with Gasteiger partial charge in [-0.3, -0.25) is 9.36 Å². The average Bonchev–Trinajstić information content (AvgIpc) is 3.43. The van der Waals surface area contributed by atoms with E-state index in [9.17, 15) is 4.79 Å². The SMILES string of the molecule is CNC(=O)c1ccc(C)c(-n2cnc3c(NC4CC5CCC4C5)ncnc32)c1. The molecule has 7 heteroatoms. The van der Waals surface area contributed by atoms with Gasteiger partial charge in [-0.05, 0) is 55.7 Å². The molecule has 0 radical (unpaired) electrons. The number of nitrogens with one attached hydrogen (secondary N) is 2.